The summed E-state index contributed by atoms with van der Waals surface area (Å²) in [6, 6.07) is 17.6. The fourth-order valence-corrected chi connectivity index (χ4v) is 4.35. The first-order chi connectivity index (χ1) is 20.6. The van der Waals surface area contributed by atoms with E-state index in [1.165, 1.54) is 24.4 Å². The number of carbonyl (C=O) groups is 4. The highest BCUT2D eigenvalue weighted by atomic mass is 35.5. The van der Waals surface area contributed by atoms with Gasteiger partial charge in [0.1, 0.15) is 0 Å². The monoisotopic (exact) mass is 619 g/mol. The number of aromatic amines is 1. The van der Waals surface area contributed by atoms with Crippen LogP contribution >= 0.6 is 23.2 Å². The molecule has 0 aliphatic carbocycles. The molecule has 43 heavy (non-hydrogen) atoms. The summed E-state index contributed by atoms with van der Waals surface area (Å²) in [5, 5.41) is 17.6. The van der Waals surface area contributed by atoms with Crippen molar-refractivity contribution in [1.82, 2.24) is 15.1 Å². The number of rotatable bonds is 10. The van der Waals surface area contributed by atoms with Crippen LogP contribution in [0.15, 0.2) is 85.1 Å². The van der Waals surface area contributed by atoms with Crippen molar-refractivity contribution in [2.45, 2.75) is 0 Å². The van der Waals surface area contributed by atoms with E-state index >= 15 is 0 Å². The lowest BCUT2D eigenvalue weighted by molar-refractivity contribution is -0.111. The van der Waals surface area contributed by atoms with Gasteiger partial charge in [-0.2, -0.15) is 5.10 Å². The number of carbonyl (C=O) groups excluding carboxylic acids is 4. The van der Waals surface area contributed by atoms with E-state index in [0.29, 0.717) is 29.2 Å². The summed E-state index contributed by atoms with van der Waals surface area (Å²) < 4.78 is 0. The smallest absolute Gasteiger partial charge is 0.278 e. The Labute approximate surface area is 257 Å². The Bertz CT molecular complexity index is 1660. The van der Waals surface area contributed by atoms with Crippen molar-refractivity contribution in [3.63, 3.8) is 0 Å². The molecule has 11 nitrogen and oxygen atoms in total. The van der Waals surface area contributed by atoms with Gasteiger partial charge in [-0.15, -0.1) is 0 Å². The number of nitrogens with one attached hydrogen (secondary N) is 5. The number of amides is 4. The molecule has 0 fully saturated rings. The molecule has 13 heteroatoms. The maximum Gasteiger partial charge on any atom is 0.278 e. The second kappa shape index (κ2) is 14.3. The molecule has 0 unspecified atom stereocenters. The molecular formula is C30H27Cl2N7O4. The van der Waals surface area contributed by atoms with Crippen LogP contribution in [-0.2, 0) is 4.79 Å². The van der Waals surface area contributed by atoms with Crippen molar-refractivity contribution < 1.29 is 19.2 Å². The molecule has 3 aromatic carbocycles. The van der Waals surface area contributed by atoms with Gasteiger partial charge in [-0.05, 0) is 68.7 Å². The van der Waals surface area contributed by atoms with Crippen LogP contribution in [0.2, 0.25) is 10.0 Å². The molecule has 0 aliphatic heterocycles. The van der Waals surface area contributed by atoms with Gasteiger partial charge in [0.2, 0.25) is 5.91 Å². The lowest BCUT2D eigenvalue weighted by Crippen LogP contribution is -2.18. The molecule has 0 saturated heterocycles. The SMILES string of the molecule is CN(C)C/C=C/C(=O)Nc1cccc(C(=O)Nc2ccc(NC(=O)c3n[nH]cc3NC(=O)c3c(Cl)cccc3Cl)cc2)c1. The number of anilines is 4. The van der Waals surface area contributed by atoms with Gasteiger partial charge in [0.15, 0.2) is 5.69 Å². The highest BCUT2D eigenvalue weighted by Gasteiger charge is 2.20. The summed E-state index contributed by atoms with van der Waals surface area (Å²) in [6.45, 7) is 0.626. The average molecular weight is 620 g/mol. The van der Waals surface area contributed by atoms with Crippen molar-refractivity contribution in [3.8, 4) is 0 Å². The van der Waals surface area contributed by atoms with E-state index in [2.05, 4.69) is 31.5 Å². The molecule has 0 saturated carbocycles. The van der Waals surface area contributed by atoms with Crippen LogP contribution in [0.3, 0.4) is 0 Å². The number of aromatic nitrogens is 2. The van der Waals surface area contributed by atoms with Gasteiger partial charge in [0, 0.05) is 41.4 Å². The summed E-state index contributed by atoms with van der Waals surface area (Å²) in [7, 11) is 3.80. The maximum atomic E-state index is 12.9. The standard InChI is InChI=1S/C30H27Cl2N7O4/c1-39(2)15-5-10-25(40)34-21-7-3-6-18(16-21)28(41)35-19-11-13-20(14-12-19)36-30(43)27-24(17-33-38-27)37-29(42)26-22(31)8-4-9-23(26)32/h3-14,16-17H,15H2,1-2H3,(H,33,38)(H,34,40)(H,35,41)(H,36,43)(H,37,42)/b10-5+. The third kappa shape index (κ3) is 8.52. The predicted molar refractivity (Wildman–Crippen MR) is 168 cm³/mol. The van der Waals surface area contributed by atoms with E-state index < -0.39 is 11.8 Å². The predicted octanol–water partition coefficient (Wildman–Crippen LogP) is 5.53. The second-order valence-electron chi connectivity index (χ2n) is 9.42. The number of hydrogen-bond acceptors (Lipinski definition) is 6. The lowest BCUT2D eigenvalue weighted by Gasteiger charge is -2.10. The Balaban J connectivity index is 1.35. The zero-order chi connectivity index (χ0) is 30.9. The van der Waals surface area contributed by atoms with E-state index in [1.807, 2.05) is 19.0 Å². The minimum absolute atomic E-state index is 0.0610. The van der Waals surface area contributed by atoms with Crippen LogP contribution in [0, 0.1) is 0 Å². The normalized spacial score (nSPS) is 10.9. The zero-order valence-electron chi connectivity index (χ0n) is 23.1. The Morgan fingerprint density at radius 2 is 1.42 bits per heavy atom. The molecule has 0 bridgehead atoms. The minimum atomic E-state index is -0.601. The molecule has 0 spiro atoms. The summed E-state index contributed by atoms with van der Waals surface area (Å²) >= 11 is 12.2. The van der Waals surface area contributed by atoms with Gasteiger partial charge in [0.25, 0.3) is 17.7 Å². The Morgan fingerprint density at radius 1 is 0.791 bits per heavy atom. The molecule has 0 aliphatic rings. The van der Waals surface area contributed by atoms with E-state index in [1.54, 1.807) is 60.7 Å². The number of H-pyrrole nitrogens is 1. The summed E-state index contributed by atoms with van der Waals surface area (Å²) in [4.78, 5) is 52.5. The Morgan fingerprint density at radius 3 is 2.07 bits per heavy atom. The van der Waals surface area contributed by atoms with E-state index in [4.69, 9.17) is 23.2 Å². The quantitative estimate of drug-likeness (QED) is 0.147. The number of likely N-dealkylation sites (N-methyl/N-ethyl adjacent to an activating group) is 1. The molecule has 1 aromatic heterocycles. The van der Waals surface area contributed by atoms with Gasteiger partial charge in [-0.1, -0.05) is 41.4 Å². The third-order valence-corrected chi connectivity index (χ3v) is 6.46. The number of nitrogens with zero attached hydrogens (tertiary/aromatic N) is 2. The highest BCUT2D eigenvalue weighted by Crippen LogP contribution is 2.26. The topological polar surface area (TPSA) is 148 Å². The van der Waals surface area contributed by atoms with Crippen molar-refractivity contribution in [2.75, 3.05) is 41.9 Å². The van der Waals surface area contributed by atoms with Gasteiger partial charge in [-0.3, -0.25) is 24.3 Å². The number of halogens is 2. The van der Waals surface area contributed by atoms with Crippen molar-refractivity contribution in [3.05, 3.63) is 112 Å². The van der Waals surface area contributed by atoms with Crippen molar-refractivity contribution in [1.29, 1.82) is 0 Å². The van der Waals surface area contributed by atoms with E-state index in [9.17, 15) is 19.2 Å². The number of benzene rings is 3. The number of hydrogen-bond donors (Lipinski definition) is 5. The molecule has 0 radical (unpaired) electrons. The molecule has 4 rings (SSSR count). The maximum absolute atomic E-state index is 12.9. The van der Waals surface area contributed by atoms with E-state index in [-0.39, 0.29) is 38.8 Å². The van der Waals surface area contributed by atoms with Crippen LogP contribution in [0.5, 0.6) is 0 Å². The van der Waals surface area contributed by atoms with Crippen molar-refractivity contribution in [2.24, 2.45) is 0 Å². The van der Waals surface area contributed by atoms with Crippen LogP contribution in [0.25, 0.3) is 0 Å². The van der Waals surface area contributed by atoms with Crippen molar-refractivity contribution >= 4 is 69.6 Å². The Kier molecular flexibility index (Phi) is 10.3. The third-order valence-electron chi connectivity index (χ3n) is 5.83. The molecular weight excluding hydrogens is 593 g/mol. The van der Waals surface area contributed by atoms with Crippen LogP contribution in [0.4, 0.5) is 22.7 Å². The van der Waals surface area contributed by atoms with Gasteiger partial charge in [0.05, 0.1) is 21.3 Å². The van der Waals surface area contributed by atoms with Gasteiger partial charge >= 0.3 is 0 Å². The molecule has 5 N–H and O–H groups in total. The second-order valence-corrected chi connectivity index (χ2v) is 10.2. The average Bonchev–Trinajstić information content (AvgIpc) is 3.42. The van der Waals surface area contributed by atoms with Gasteiger partial charge < -0.3 is 26.2 Å². The highest BCUT2D eigenvalue weighted by molar-refractivity contribution is 6.40. The van der Waals surface area contributed by atoms with Gasteiger partial charge in [-0.25, -0.2) is 0 Å². The first-order valence-corrected chi connectivity index (χ1v) is 13.6. The largest absolute Gasteiger partial charge is 0.322 e. The Hall–Kier alpha value is -4.97. The first-order valence-electron chi connectivity index (χ1n) is 12.8. The molecule has 220 valence electrons. The molecule has 4 aromatic rings. The summed E-state index contributed by atoms with van der Waals surface area (Å²) in [5.74, 6) is -1.87. The molecule has 0 atom stereocenters. The van der Waals surface area contributed by atoms with Crippen LogP contribution in [0.1, 0.15) is 31.2 Å². The molecule has 1 heterocycles. The molecule has 4 amide bonds. The van der Waals surface area contributed by atoms with Crippen LogP contribution in [-0.4, -0.2) is 59.4 Å². The fraction of sp³-hybridized carbons (Fsp3) is 0.100. The minimum Gasteiger partial charge on any atom is -0.322 e. The first kappa shape index (κ1) is 31.0. The van der Waals surface area contributed by atoms with Crippen LogP contribution < -0.4 is 21.3 Å². The van der Waals surface area contributed by atoms with E-state index in [0.717, 1.165) is 0 Å². The summed E-state index contributed by atoms with van der Waals surface area (Å²) in [6.07, 6.45) is 4.54. The lowest BCUT2D eigenvalue weighted by atomic mass is 10.1. The summed E-state index contributed by atoms with van der Waals surface area (Å²) in [5.41, 5.74) is 1.87. The zero-order valence-corrected chi connectivity index (χ0v) is 24.6. The fourth-order valence-electron chi connectivity index (χ4n) is 3.78.